The van der Waals surface area contributed by atoms with Crippen molar-refractivity contribution in [2.75, 3.05) is 13.2 Å². The van der Waals surface area contributed by atoms with Crippen LogP contribution in [0.4, 0.5) is 13.2 Å². The van der Waals surface area contributed by atoms with E-state index in [-0.39, 0.29) is 18.1 Å². The summed E-state index contributed by atoms with van der Waals surface area (Å²) in [6.45, 7) is 7.80. The van der Waals surface area contributed by atoms with Gasteiger partial charge >= 0.3 is 12.1 Å². The molecule has 0 rings (SSSR count). The lowest BCUT2D eigenvalue weighted by atomic mass is 10.1. The molecule has 0 aromatic carbocycles. The molecule has 0 spiro atoms. The third-order valence-electron chi connectivity index (χ3n) is 2.23. The summed E-state index contributed by atoms with van der Waals surface area (Å²) in [4.78, 5) is 28.3. The summed E-state index contributed by atoms with van der Waals surface area (Å²) in [6, 6.07) is 0. The van der Waals surface area contributed by atoms with Crippen LogP contribution in [-0.2, 0) is 19.2 Å². The van der Waals surface area contributed by atoms with E-state index in [1.165, 1.54) is 13.0 Å². The lowest BCUT2D eigenvalue weighted by Crippen LogP contribution is -2.42. The van der Waals surface area contributed by atoms with E-state index >= 15 is 0 Å². The first kappa shape index (κ1) is 20.4. The van der Waals surface area contributed by atoms with Crippen LogP contribution in [0.5, 0.6) is 0 Å². The predicted octanol–water partition coefficient (Wildman–Crippen LogP) is 2.86. The average Bonchev–Trinajstić information content (AvgIpc) is 2.29. The molecule has 0 saturated carbocycles. The van der Waals surface area contributed by atoms with Gasteiger partial charge in [-0.15, -0.1) is 6.58 Å². The number of rotatable bonds is 7. The highest BCUT2D eigenvalue weighted by molar-refractivity contribution is 5.83. The lowest BCUT2D eigenvalue weighted by molar-refractivity contribution is -0.231. The maximum absolute atomic E-state index is 12.5. The van der Waals surface area contributed by atoms with Crippen molar-refractivity contribution in [2.45, 2.75) is 45.9 Å². The van der Waals surface area contributed by atoms with Crippen LogP contribution in [0.25, 0.3) is 0 Å². The molecule has 0 aliphatic rings. The van der Waals surface area contributed by atoms with E-state index in [1.54, 1.807) is 20.8 Å². The summed E-state index contributed by atoms with van der Waals surface area (Å²) in [5.74, 6) is -2.60. The van der Waals surface area contributed by atoms with Crippen LogP contribution in [0, 0.1) is 5.92 Å². The molecule has 22 heavy (non-hydrogen) atoms. The molecule has 0 heterocycles. The van der Waals surface area contributed by atoms with E-state index in [9.17, 15) is 22.8 Å². The van der Waals surface area contributed by atoms with Crippen molar-refractivity contribution in [3.05, 3.63) is 12.7 Å². The quantitative estimate of drug-likeness (QED) is 0.410. The zero-order chi connectivity index (χ0) is 17.6. The number of carbonyl (C=O) groups is 2. The molecule has 0 saturated heterocycles. The third-order valence-corrected chi connectivity index (χ3v) is 2.23. The third kappa shape index (κ3) is 9.38. The summed E-state index contributed by atoms with van der Waals surface area (Å²) in [7, 11) is 0. The smallest absolute Gasteiger partial charge is 0.408 e. The van der Waals surface area contributed by atoms with Crippen molar-refractivity contribution in [1.29, 1.82) is 0 Å². The summed E-state index contributed by atoms with van der Waals surface area (Å²) in [6.07, 6.45) is -3.72. The van der Waals surface area contributed by atoms with Crippen molar-refractivity contribution < 1.29 is 32.3 Å². The number of carbonyl (C=O) groups excluding carboxylic acids is 2. The Hall–Kier alpha value is -1.57. The minimum atomic E-state index is -4.61. The van der Waals surface area contributed by atoms with E-state index < -0.39 is 36.1 Å². The number of nitrogens with zero attached hydrogens (tertiary/aromatic N) is 1. The second kappa shape index (κ2) is 8.17. The molecule has 0 bridgehead atoms. The summed E-state index contributed by atoms with van der Waals surface area (Å²) >= 11 is 0. The lowest BCUT2D eigenvalue weighted by Gasteiger charge is -2.26. The second-order valence-corrected chi connectivity index (χ2v) is 5.77. The Balaban J connectivity index is 4.75. The highest BCUT2D eigenvalue weighted by Crippen LogP contribution is 2.20. The van der Waals surface area contributed by atoms with Gasteiger partial charge in [-0.3, -0.25) is 14.4 Å². The van der Waals surface area contributed by atoms with Crippen LogP contribution in [-0.4, -0.2) is 41.9 Å². The number of hydrogen-bond acceptors (Lipinski definition) is 4. The molecule has 128 valence electrons. The molecule has 0 aliphatic carbocycles. The fourth-order valence-corrected chi connectivity index (χ4v) is 1.46. The molecule has 0 radical (unpaired) electrons. The minimum absolute atomic E-state index is 0.205. The fourth-order valence-electron chi connectivity index (χ4n) is 1.46. The molecule has 0 aromatic heterocycles. The van der Waals surface area contributed by atoms with Gasteiger partial charge in [-0.1, -0.05) is 13.0 Å². The SMILES string of the molecule is C=CCON(CC(F)(F)F)C(=O)[C@@H](C)CC(=O)OC(C)(C)C. The van der Waals surface area contributed by atoms with Crippen molar-refractivity contribution in [2.24, 2.45) is 5.92 Å². The Bertz CT molecular complexity index is 402. The molecule has 8 heteroatoms. The average molecular weight is 325 g/mol. The number of hydrogen-bond donors (Lipinski definition) is 0. The van der Waals surface area contributed by atoms with Gasteiger partial charge in [0.25, 0.3) is 0 Å². The van der Waals surface area contributed by atoms with Gasteiger partial charge in [-0.05, 0) is 20.8 Å². The zero-order valence-electron chi connectivity index (χ0n) is 13.2. The Morgan fingerprint density at radius 2 is 1.82 bits per heavy atom. The van der Waals surface area contributed by atoms with Crippen LogP contribution in [0.2, 0.25) is 0 Å². The highest BCUT2D eigenvalue weighted by Gasteiger charge is 2.36. The maximum Gasteiger partial charge on any atom is 0.408 e. The summed E-state index contributed by atoms with van der Waals surface area (Å²) in [5, 5.41) is 0.205. The summed E-state index contributed by atoms with van der Waals surface area (Å²) < 4.78 is 42.4. The molecule has 0 aliphatic heterocycles. The van der Waals surface area contributed by atoms with Crippen molar-refractivity contribution >= 4 is 11.9 Å². The largest absolute Gasteiger partial charge is 0.460 e. The maximum atomic E-state index is 12.5. The molecular weight excluding hydrogens is 303 g/mol. The van der Waals surface area contributed by atoms with E-state index in [4.69, 9.17) is 9.57 Å². The molecule has 0 fully saturated rings. The Morgan fingerprint density at radius 3 is 2.23 bits per heavy atom. The molecule has 0 N–H and O–H groups in total. The number of alkyl halides is 3. The number of esters is 1. The second-order valence-electron chi connectivity index (χ2n) is 5.77. The van der Waals surface area contributed by atoms with Gasteiger partial charge in [0.2, 0.25) is 5.91 Å². The van der Waals surface area contributed by atoms with Crippen molar-refractivity contribution in [1.82, 2.24) is 5.06 Å². The molecule has 0 unspecified atom stereocenters. The molecule has 1 amide bonds. The van der Waals surface area contributed by atoms with E-state index in [0.29, 0.717) is 0 Å². The molecule has 0 aromatic rings. The first-order chi connectivity index (χ1) is 9.85. The van der Waals surface area contributed by atoms with Gasteiger partial charge in [0.1, 0.15) is 12.1 Å². The normalized spacial score (nSPS) is 13.4. The number of amides is 1. The van der Waals surface area contributed by atoms with Gasteiger partial charge < -0.3 is 4.74 Å². The van der Waals surface area contributed by atoms with Crippen LogP contribution in [0.3, 0.4) is 0 Å². The first-order valence-electron chi connectivity index (χ1n) is 6.69. The number of hydroxylamine groups is 2. The van der Waals surface area contributed by atoms with Crippen molar-refractivity contribution in [3.63, 3.8) is 0 Å². The Labute approximate surface area is 128 Å². The standard InChI is InChI=1S/C14H22F3NO4/c1-6-7-21-18(9-14(15,16)17)12(20)10(2)8-11(19)22-13(3,4)5/h6,10H,1,7-9H2,2-5H3/t10-/m0/s1. The van der Waals surface area contributed by atoms with Crippen LogP contribution in [0.15, 0.2) is 12.7 Å². The molecular formula is C14H22F3NO4. The highest BCUT2D eigenvalue weighted by atomic mass is 19.4. The van der Waals surface area contributed by atoms with Gasteiger partial charge in [0.05, 0.1) is 13.0 Å². The van der Waals surface area contributed by atoms with E-state index in [2.05, 4.69) is 6.58 Å². The topological polar surface area (TPSA) is 55.8 Å². The van der Waals surface area contributed by atoms with Crippen LogP contribution in [0.1, 0.15) is 34.1 Å². The Kier molecular flexibility index (Phi) is 7.58. The molecule has 1 atom stereocenters. The zero-order valence-corrected chi connectivity index (χ0v) is 13.2. The van der Waals surface area contributed by atoms with Gasteiger partial charge in [-0.25, -0.2) is 5.06 Å². The summed E-state index contributed by atoms with van der Waals surface area (Å²) in [5.41, 5.74) is -0.731. The van der Waals surface area contributed by atoms with Gasteiger partial charge in [0.15, 0.2) is 0 Å². The fraction of sp³-hybridized carbons (Fsp3) is 0.714. The van der Waals surface area contributed by atoms with Crippen LogP contribution < -0.4 is 0 Å². The van der Waals surface area contributed by atoms with Gasteiger partial charge in [0, 0.05) is 5.92 Å². The monoisotopic (exact) mass is 325 g/mol. The van der Waals surface area contributed by atoms with Crippen LogP contribution >= 0.6 is 0 Å². The van der Waals surface area contributed by atoms with E-state index in [1.807, 2.05) is 0 Å². The first-order valence-corrected chi connectivity index (χ1v) is 6.69. The number of halogens is 3. The van der Waals surface area contributed by atoms with E-state index in [0.717, 1.165) is 0 Å². The predicted molar refractivity (Wildman–Crippen MR) is 73.5 cm³/mol. The van der Waals surface area contributed by atoms with Crippen molar-refractivity contribution in [3.8, 4) is 0 Å². The minimum Gasteiger partial charge on any atom is -0.460 e. The number of ether oxygens (including phenoxy) is 1. The molecule has 5 nitrogen and oxygen atoms in total. The Morgan fingerprint density at radius 1 is 1.27 bits per heavy atom. The van der Waals surface area contributed by atoms with Gasteiger partial charge in [-0.2, -0.15) is 13.2 Å².